The molecule has 172 valence electrons. The molecule has 0 saturated heterocycles. The fraction of sp³-hybridized carbons (Fsp3) is 0.318. The summed E-state index contributed by atoms with van der Waals surface area (Å²) in [7, 11) is -3.76. The van der Waals surface area contributed by atoms with Crippen LogP contribution in [0.3, 0.4) is 0 Å². The summed E-state index contributed by atoms with van der Waals surface area (Å²) in [5, 5.41) is 8.93. The van der Waals surface area contributed by atoms with Crippen molar-refractivity contribution >= 4 is 21.0 Å². The molecule has 32 heavy (non-hydrogen) atoms. The Hall–Kier alpha value is -2.69. The molecule has 10 heteroatoms. The van der Waals surface area contributed by atoms with Crippen molar-refractivity contribution in [1.29, 1.82) is 0 Å². The van der Waals surface area contributed by atoms with Gasteiger partial charge < -0.3 is 9.52 Å². The van der Waals surface area contributed by atoms with Crippen LogP contribution in [-0.4, -0.2) is 37.5 Å². The molecule has 1 aromatic heterocycles. The molecule has 0 unspecified atom stereocenters. The Morgan fingerprint density at radius 3 is 2.25 bits per heavy atom. The van der Waals surface area contributed by atoms with Gasteiger partial charge in [0.25, 0.3) is 0 Å². The molecule has 1 heterocycles. The van der Waals surface area contributed by atoms with Gasteiger partial charge >= 0.3 is 11.8 Å². The molecule has 0 radical (unpaired) electrons. The van der Waals surface area contributed by atoms with Gasteiger partial charge in [-0.15, -0.1) is 0 Å². The van der Waals surface area contributed by atoms with Crippen molar-refractivity contribution in [2.24, 2.45) is 0 Å². The number of fused-ring (bicyclic) bond motifs is 1. The van der Waals surface area contributed by atoms with E-state index in [1.807, 2.05) is 6.92 Å². The Bertz CT molecular complexity index is 1250. The van der Waals surface area contributed by atoms with Crippen LogP contribution in [0.15, 0.2) is 62.6 Å². The highest BCUT2D eigenvalue weighted by atomic mass is 32.2. The third-order valence-corrected chi connectivity index (χ3v) is 6.82. The summed E-state index contributed by atoms with van der Waals surface area (Å²) >= 11 is 0. The van der Waals surface area contributed by atoms with E-state index in [1.54, 1.807) is 18.2 Å². The predicted octanol–water partition coefficient (Wildman–Crippen LogP) is 3.80. The van der Waals surface area contributed by atoms with Crippen molar-refractivity contribution in [1.82, 2.24) is 4.31 Å². The van der Waals surface area contributed by atoms with Crippen LogP contribution >= 0.6 is 0 Å². The van der Waals surface area contributed by atoms with Crippen LogP contribution in [0.2, 0.25) is 0 Å². The number of aliphatic hydroxyl groups is 1. The van der Waals surface area contributed by atoms with E-state index < -0.39 is 27.4 Å². The zero-order chi connectivity index (χ0) is 23.5. The quantitative estimate of drug-likeness (QED) is 0.507. The van der Waals surface area contributed by atoms with Gasteiger partial charge in [0.1, 0.15) is 5.58 Å². The summed E-state index contributed by atoms with van der Waals surface area (Å²) in [6.07, 6.45) is -3.86. The smallest absolute Gasteiger partial charge is 0.417 e. The molecule has 0 bridgehead atoms. The van der Waals surface area contributed by atoms with Crippen LogP contribution in [0.5, 0.6) is 0 Å². The lowest BCUT2D eigenvalue weighted by atomic mass is 10.0. The highest BCUT2D eigenvalue weighted by molar-refractivity contribution is 7.89. The SMILES string of the molecule is CCCN(CCO)S(=O)(=O)c1ccc(Cc2ccc3oc(=O)cc(C(F)(F)F)c3c2)cc1. The van der Waals surface area contributed by atoms with Gasteiger partial charge in [-0.1, -0.05) is 25.1 Å². The fourth-order valence-electron chi connectivity index (χ4n) is 3.43. The second kappa shape index (κ2) is 9.43. The van der Waals surface area contributed by atoms with E-state index in [0.29, 0.717) is 23.6 Å². The lowest BCUT2D eigenvalue weighted by Gasteiger charge is -2.20. The van der Waals surface area contributed by atoms with Crippen molar-refractivity contribution in [3.63, 3.8) is 0 Å². The standard InChI is InChI=1S/C22H22F3NO5S/c1-2-9-26(10-11-27)32(29,30)17-6-3-15(4-7-17)12-16-5-8-20-18(13-16)19(22(23,24)25)14-21(28)31-20/h3-8,13-14,27H,2,9-12H2,1H3. The van der Waals surface area contributed by atoms with E-state index in [4.69, 9.17) is 9.52 Å². The van der Waals surface area contributed by atoms with Crippen LogP contribution in [0.4, 0.5) is 13.2 Å². The van der Waals surface area contributed by atoms with Gasteiger partial charge in [0, 0.05) is 24.5 Å². The van der Waals surface area contributed by atoms with Gasteiger partial charge in [-0.25, -0.2) is 13.2 Å². The van der Waals surface area contributed by atoms with Crippen molar-refractivity contribution in [2.75, 3.05) is 19.7 Å². The molecule has 0 atom stereocenters. The normalized spacial score (nSPS) is 12.6. The third-order valence-electron chi connectivity index (χ3n) is 4.90. The maximum absolute atomic E-state index is 13.3. The van der Waals surface area contributed by atoms with Gasteiger partial charge in [0.05, 0.1) is 17.1 Å². The topological polar surface area (TPSA) is 87.8 Å². The van der Waals surface area contributed by atoms with E-state index in [9.17, 15) is 26.4 Å². The van der Waals surface area contributed by atoms with E-state index >= 15 is 0 Å². The van der Waals surface area contributed by atoms with Gasteiger partial charge in [-0.05, 0) is 48.2 Å². The van der Waals surface area contributed by atoms with Crippen LogP contribution in [0, 0.1) is 0 Å². The first-order valence-electron chi connectivity index (χ1n) is 9.90. The van der Waals surface area contributed by atoms with Crippen molar-refractivity contribution in [3.05, 3.63) is 75.6 Å². The maximum atomic E-state index is 13.3. The molecule has 3 rings (SSSR count). The summed E-state index contributed by atoms with van der Waals surface area (Å²) < 4.78 is 71.6. The number of nitrogens with zero attached hydrogens (tertiary/aromatic N) is 1. The average Bonchev–Trinajstić information content (AvgIpc) is 2.73. The molecule has 0 saturated carbocycles. The molecule has 6 nitrogen and oxygen atoms in total. The summed E-state index contributed by atoms with van der Waals surface area (Å²) in [5.41, 5.74) is -1.06. The highest BCUT2D eigenvalue weighted by Crippen LogP contribution is 2.34. The summed E-state index contributed by atoms with van der Waals surface area (Å²) in [5.74, 6) is 0. The Kier molecular flexibility index (Phi) is 7.06. The molecule has 0 aliphatic carbocycles. The largest absolute Gasteiger partial charge is 0.423 e. The van der Waals surface area contributed by atoms with E-state index in [1.165, 1.54) is 28.6 Å². The molecule has 0 aliphatic rings. The minimum absolute atomic E-state index is 0.00726. The number of alkyl halides is 3. The van der Waals surface area contributed by atoms with Crippen LogP contribution in [0.25, 0.3) is 11.0 Å². The minimum atomic E-state index is -4.71. The first-order chi connectivity index (χ1) is 15.1. The summed E-state index contributed by atoms with van der Waals surface area (Å²) in [4.78, 5) is 11.5. The van der Waals surface area contributed by atoms with Crippen molar-refractivity contribution in [3.8, 4) is 0 Å². The van der Waals surface area contributed by atoms with Gasteiger partial charge in [0.15, 0.2) is 0 Å². The third kappa shape index (κ3) is 5.20. The molecule has 0 amide bonds. The van der Waals surface area contributed by atoms with E-state index in [2.05, 4.69) is 0 Å². The molecule has 2 aromatic carbocycles. The first-order valence-corrected chi connectivity index (χ1v) is 11.3. The molecule has 0 spiro atoms. The second-order valence-electron chi connectivity index (χ2n) is 7.26. The van der Waals surface area contributed by atoms with Crippen molar-refractivity contribution in [2.45, 2.75) is 30.8 Å². The maximum Gasteiger partial charge on any atom is 0.417 e. The van der Waals surface area contributed by atoms with Gasteiger partial charge in [0.2, 0.25) is 10.0 Å². The number of rotatable bonds is 8. The lowest BCUT2D eigenvalue weighted by Crippen LogP contribution is -2.34. The predicted molar refractivity (Wildman–Crippen MR) is 113 cm³/mol. The fourth-order valence-corrected chi connectivity index (χ4v) is 4.95. The molecule has 1 N–H and O–H groups in total. The number of hydrogen-bond donors (Lipinski definition) is 1. The zero-order valence-electron chi connectivity index (χ0n) is 17.2. The Morgan fingerprint density at radius 2 is 1.66 bits per heavy atom. The van der Waals surface area contributed by atoms with E-state index in [-0.39, 0.29) is 42.0 Å². The molecular formula is C22H22F3NO5S. The molecule has 0 aliphatic heterocycles. The van der Waals surface area contributed by atoms with Crippen LogP contribution < -0.4 is 5.63 Å². The summed E-state index contributed by atoms with van der Waals surface area (Å²) in [6, 6.07) is 10.7. The monoisotopic (exact) mass is 469 g/mol. The average molecular weight is 469 g/mol. The van der Waals surface area contributed by atoms with Crippen molar-refractivity contribution < 1.29 is 31.1 Å². The van der Waals surface area contributed by atoms with E-state index in [0.717, 1.165) is 0 Å². The first kappa shape index (κ1) is 24.0. The zero-order valence-corrected chi connectivity index (χ0v) is 18.0. The molecule has 3 aromatic rings. The number of hydrogen-bond acceptors (Lipinski definition) is 5. The molecular weight excluding hydrogens is 447 g/mol. The highest BCUT2D eigenvalue weighted by Gasteiger charge is 2.34. The number of benzene rings is 2. The van der Waals surface area contributed by atoms with Gasteiger partial charge in [-0.2, -0.15) is 17.5 Å². The summed E-state index contributed by atoms with van der Waals surface area (Å²) in [6.45, 7) is 1.81. The Balaban J connectivity index is 1.90. The number of aliphatic hydroxyl groups excluding tert-OH is 1. The van der Waals surface area contributed by atoms with Crippen LogP contribution in [0.1, 0.15) is 30.0 Å². The molecule has 0 fully saturated rings. The Morgan fingerprint density at radius 1 is 1.00 bits per heavy atom. The van der Waals surface area contributed by atoms with Crippen LogP contribution in [-0.2, 0) is 22.6 Å². The lowest BCUT2D eigenvalue weighted by molar-refractivity contribution is -0.136. The minimum Gasteiger partial charge on any atom is -0.423 e. The Labute approximate surface area is 183 Å². The number of halogens is 3. The van der Waals surface area contributed by atoms with Gasteiger partial charge in [-0.3, -0.25) is 0 Å². The number of sulfonamides is 1. The second-order valence-corrected chi connectivity index (χ2v) is 9.19.